The van der Waals surface area contributed by atoms with E-state index in [4.69, 9.17) is 28.6 Å². The van der Waals surface area contributed by atoms with Crippen molar-refractivity contribution in [1.29, 1.82) is 0 Å². The number of nitrogens with zero attached hydrogens (tertiary/aromatic N) is 1. The molecule has 0 N–H and O–H groups in total. The maximum Gasteiger partial charge on any atom is 0.398 e. The van der Waals surface area contributed by atoms with E-state index in [1.165, 1.54) is 0 Å². The molecule has 0 fully saturated rings. The number of rotatable bonds is 8. The molecule has 0 radical (unpaired) electrons. The Kier molecular flexibility index (Phi) is 9.39. The minimum atomic E-state index is -1.84. The molecule has 0 saturated carbocycles. The van der Waals surface area contributed by atoms with Crippen LogP contribution in [-0.4, -0.2) is 23.7 Å². The summed E-state index contributed by atoms with van der Waals surface area (Å²) in [5, 5.41) is 0. The lowest BCUT2D eigenvalue weighted by molar-refractivity contribution is -0.247. The van der Waals surface area contributed by atoms with Gasteiger partial charge in [-0.15, -0.1) is 4.67 Å². The summed E-state index contributed by atoms with van der Waals surface area (Å²) in [5.74, 6) is 0. The Hall–Kier alpha value is 0.810. The van der Waals surface area contributed by atoms with Crippen molar-refractivity contribution >= 4 is 32.3 Å². The molecule has 0 unspecified atom stereocenters. The van der Waals surface area contributed by atoms with Gasteiger partial charge in [0.25, 0.3) is 0 Å². The molecule has 0 rings (SSSR count). The van der Waals surface area contributed by atoms with E-state index in [2.05, 4.69) is 45.4 Å². The predicted octanol–water partition coefficient (Wildman–Crippen LogP) is 3.58. The Morgan fingerprint density at radius 2 is 1.53 bits per heavy atom. The number of hydrogen-bond donors (Lipinski definition) is 0. The fraction of sp³-hybridized carbons (Fsp3) is 1.00. The zero-order chi connectivity index (χ0) is 11.8. The first kappa shape index (κ1) is 15.8. The molecule has 0 aromatic rings. The molecular formula is C7H16Cl2NO4P. The summed E-state index contributed by atoms with van der Waals surface area (Å²) in [7, 11) is -1.84. The average molecular weight is 280 g/mol. The van der Waals surface area contributed by atoms with Gasteiger partial charge in [0.1, 0.15) is 6.73 Å². The van der Waals surface area contributed by atoms with Crippen molar-refractivity contribution in [3.05, 3.63) is 0 Å². The molecule has 0 aromatic carbocycles. The van der Waals surface area contributed by atoms with E-state index in [9.17, 15) is 0 Å². The van der Waals surface area contributed by atoms with Gasteiger partial charge >= 0.3 is 8.60 Å². The van der Waals surface area contributed by atoms with Crippen LogP contribution in [0.4, 0.5) is 0 Å². The van der Waals surface area contributed by atoms with Gasteiger partial charge in [-0.25, -0.2) is 4.89 Å². The van der Waals surface area contributed by atoms with Crippen molar-refractivity contribution in [3.8, 4) is 0 Å². The van der Waals surface area contributed by atoms with Crippen molar-refractivity contribution in [3.63, 3.8) is 0 Å². The quantitative estimate of drug-likeness (QED) is 0.294. The molecule has 0 aliphatic carbocycles. The summed E-state index contributed by atoms with van der Waals surface area (Å²) in [6.45, 7) is 8.52. The highest BCUT2D eigenvalue weighted by Gasteiger charge is 2.17. The Morgan fingerprint density at radius 1 is 1.07 bits per heavy atom. The van der Waals surface area contributed by atoms with Crippen LogP contribution in [0.25, 0.3) is 0 Å². The predicted molar refractivity (Wildman–Crippen MR) is 59.9 cm³/mol. The Morgan fingerprint density at radius 3 is 1.87 bits per heavy atom. The minimum Gasteiger partial charge on any atom is -0.273 e. The second-order valence-corrected chi connectivity index (χ2v) is 5.09. The second kappa shape index (κ2) is 8.90. The largest absolute Gasteiger partial charge is 0.398 e. The van der Waals surface area contributed by atoms with E-state index in [1.54, 1.807) is 0 Å². The minimum absolute atomic E-state index is 0.286. The highest BCUT2D eigenvalue weighted by Crippen LogP contribution is 2.42. The first-order chi connectivity index (χ1) is 7.02. The normalized spacial score (nSPS) is 12.4. The number of hydrogen-bond acceptors (Lipinski definition) is 5. The van der Waals surface area contributed by atoms with Gasteiger partial charge in [0.05, 0.1) is 23.7 Å². The molecular weight excluding hydrogens is 264 g/mol. The van der Waals surface area contributed by atoms with Crippen LogP contribution in [0.5, 0.6) is 0 Å². The van der Waals surface area contributed by atoms with Gasteiger partial charge in [0.15, 0.2) is 0 Å². The first-order valence-corrected chi connectivity index (χ1v) is 6.17. The molecule has 0 bridgehead atoms. The van der Waals surface area contributed by atoms with Crippen LogP contribution in [0.2, 0.25) is 0 Å². The lowest BCUT2D eigenvalue weighted by Gasteiger charge is -2.29. The van der Waals surface area contributed by atoms with Gasteiger partial charge in [0, 0.05) is 12.1 Å². The van der Waals surface area contributed by atoms with Gasteiger partial charge in [-0.2, -0.15) is 8.15 Å². The van der Waals surface area contributed by atoms with Gasteiger partial charge in [0.2, 0.25) is 0 Å². The molecule has 0 saturated heterocycles. The lowest BCUT2D eigenvalue weighted by atomic mass is 10.2. The Bertz CT molecular complexity index is 152. The van der Waals surface area contributed by atoms with Crippen molar-refractivity contribution in [1.82, 2.24) is 4.90 Å². The first-order valence-electron chi connectivity index (χ1n) is 4.45. The van der Waals surface area contributed by atoms with Crippen LogP contribution in [0, 0.1) is 0 Å². The van der Waals surface area contributed by atoms with Gasteiger partial charge in [-0.05, 0) is 27.7 Å². The monoisotopic (exact) mass is 279 g/mol. The SMILES string of the molecule is CC(C)N(COOP(OCl)OCl)C(C)C. The standard InChI is InChI=1S/C7H16Cl2NO4P/c1-6(2)10(7(3)4)5-11-14-15(12-8)13-9/h6-7H,5H2,1-4H3. The van der Waals surface area contributed by atoms with E-state index < -0.39 is 8.60 Å². The summed E-state index contributed by atoms with van der Waals surface area (Å²) in [6, 6.07) is 0.683. The topological polar surface area (TPSA) is 40.2 Å². The molecule has 15 heavy (non-hydrogen) atoms. The Balaban J connectivity index is 3.80. The van der Waals surface area contributed by atoms with Crippen molar-refractivity contribution in [2.24, 2.45) is 0 Å². The molecule has 0 spiro atoms. The fourth-order valence-corrected chi connectivity index (χ4v) is 1.65. The number of halogens is 2. The summed E-state index contributed by atoms with van der Waals surface area (Å²) in [4.78, 5) is 6.96. The van der Waals surface area contributed by atoms with Crippen LogP contribution in [0.15, 0.2) is 0 Å². The fourth-order valence-electron chi connectivity index (χ4n) is 1.06. The summed E-state index contributed by atoms with van der Waals surface area (Å²) >= 11 is 10.0. The van der Waals surface area contributed by atoms with E-state index in [0.717, 1.165) is 0 Å². The van der Waals surface area contributed by atoms with Crippen molar-refractivity contribution in [2.45, 2.75) is 39.8 Å². The van der Waals surface area contributed by atoms with E-state index in [-0.39, 0.29) is 6.73 Å². The van der Waals surface area contributed by atoms with Gasteiger partial charge < -0.3 is 0 Å². The van der Waals surface area contributed by atoms with Crippen molar-refractivity contribution in [2.75, 3.05) is 6.73 Å². The van der Waals surface area contributed by atoms with Crippen LogP contribution in [-0.2, 0) is 17.7 Å². The van der Waals surface area contributed by atoms with E-state index >= 15 is 0 Å². The highest BCUT2D eigenvalue weighted by atomic mass is 35.5. The third kappa shape index (κ3) is 6.87. The maximum absolute atomic E-state index is 5.01. The van der Waals surface area contributed by atoms with Crippen LogP contribution in [0.3, 0.4) is 0 Å². The van der Waals surface area contributed by atoms with Crippen LogP contribution in [0.1, 0.15) is 27.7 Å². The molecule has 92 valence electrons. The summed E-state index contributed by atoms with van der Waals surface area (Å²) < 4.78 is 13.1. The maximum atomic E-state index is 5.01. The van der Waals surface area contributed by atoms with Crippen LogP contribution < -0.4 is 0 Å². The smallest absolute Gasteiger partial charge is 0.273 e. The third-order valence-electron chi connectivity index (χ3n) is 1.75. The lowest BCUT2D eigenvalue weighted by Crippen LogP contribution is -2.38. The zero-order valence-corrected chi connectivity index (χ0v) is 11.6. The van der Waals surface area contributed by atoms with Crippen molar-refractivity contribution < 1.29 is 17.7 Å². The average Bonchev–Trinajstić information content (AvgIpc) is 2.17. The molecule has 0 atom stereocenters. The molecule has 0 amide bonds. The molecule has 5 nitrogen and oxygen atoms in total. The molecule has 0 aromatic heterocycles. The van der Waals surface area contributed by atoms with E-state index in [0.29, 0.717) is 12.1 Å². The molecule has 0 aliphatic rings. The Labute approximate surface area is 102 Å². The second-order valence-electron chi connectivity index (χ2n) is 3.38. The summed E-state index contributed by atoms with van der Waals surface area (Å²) in [5.41, 5.74) is 0. The molecule has 8 heteroatoms. The summed E-state index contributed by atoms with van der Waals surface area (Å²) in [6.07, 6.45) is 0. The van der Waals surface area contributed by atoms with E-state index in [1.807, 2.05) is 0 Å². The zero-order valence-electron chi connectivity index (χ0n) is 9.15. The third-order valence-corrected chi connectivity index (χ3v) is 2.88. The molecule has 0 aliphatic heterocycles. The van der Waals surface area contributed by atoms with Gasteiger partial charge in [-0.1, -0.05) is 0 Å². The van der Waals surface area contributed by atoms with Crippen LogP contribution >= 0.6 is 32.3 Å². The van der Waals surface area contributed by atoms with Gasteiger partial charge in [-0.3, -0.25) is 4.90 Å². The molecule has 0 heterocycles. The highest BCUT2D eigenvalue weighted by molar-refractivity contribution is 7.43.